The summed E-state index contributed by atoms with van der Waals surface area (Å²) >= 11 is 0. The van der Waals surface area contributed by atoms with Gasteiger partial charge in [0.15, 0.2) is 11.5 Å². The lowest BCUT2D eigenvalue weighted by molar-refractivity contribution is 0.0982. The van der Waals surface area contributed by atoms with Crippen molar-refractivity contribution in [3.8, 4) is 11.5 Å². The van der Waals surface area contributed by atoms with Crippen molar-refractivity contribution in [2.75, 3.05) is 50.1 Å². The number of fused-ring (bicyclic) bond motifs is 2. The van der Waals surface area contributed by atoms with Gasteiger partial charge in [0.05, 0.1) is 36.7 Å². The summed E-state index contributed by atoms with van der Waals surface area (Å²) < 4.78 is 11.8. The number of carbonyl (C=O) groups is 2. The molecule has 0 radical (unpaired) electrons. The van der Waals surface area contributed by atoms with Crippen LogP contribution in [0.15, 0.2) is 178 Å². The van der Waals surface area contributed by atoms with E-state index in [9.17, 15) is 9.59 Å². The molecular formula is C55H51N7O4. The molecular weight excluding hydrogens is 823 g/mol. The molecule has 0 bridgehead atoms. The molecule has 0 saturated carbocycles. The van der Waals surface area contributed by atoms with Gasteiger partial charge in [-0.2, -0.15) is 10.2 Å². The molecule has 0 saturated heterocycles. The Morgan fingerprint density at radius 2 is 0.833 bits per heavy atom. The van der Waals surface area contributed by atoms with Crippen LogP contribution < -0.4 is 24.2 Å². The Kier molecular flexibility index (Phi) is 13.3. The number of methoxy groups -OCH3 is 2. The zero-order valence-corrected chi connectivity index (χ0v) is 38.2. The SMILES string of the molecule is CCc1ccccc1N(C)C(=O)c1cc2ccccc2c(N=Nc2ccc(N(C)c3ccc(N=Nc4c(OC)c(C(=O)N(C)c5ccccc5CC)cc5ccccc45)cc3)cc2)c1OC. The molecule has 66 heavy (non-hydrogen) atoms. The van der Waals surface area contributed by atoms with Gasteiger partial charge in [-0.25, -0.2) is 0 Å². The molecule has 0 atom stereocenters. The molecule has 0 heterocycles. The van der Waals surface area contributed by atoms with E-state index in [-0.39, 0.29) is 11.8 Å². The fourth-order valence-corrected chi connectivity index (χ4v) is 8.25. The quantitative estimate of drug-likeness (QED) is 0.101. The first-order chi connectivity index (χ1) is 32.1. The smallest absolute Gasteiger partial charge is 0.261 e. The van der Waals surface area contributed by atoms with E-state index in [0.717, 1.165) is 68.3 Å². The molecule has 11 heteroatoms. The van der Waals surface area contributed by atoms with E-state index in [2.05, 4.69) is 29.0 Å². The molecule has 0 unspecified atom stereocenters. The first-order valence-electron chi connectivity index (χ1n) is 21.8. The highest BCUT2D eigenvalue weighted by atomic mass is 16.5. The van der Waals surface area contributed by atoms with Crippen LogP contribution in [0.2, 0.25) is 0 Å². The molecule has 2 amide bonds. The standard InChI is InChI=1S/C55H51N7O4/c1-8-36-18-12-16-24-48(36)61(4)54(63)46-34-38-20-10-14-22-44(38)50(52(46)65-6)58-56-40-26-30-42(31-27-40)60(3)43-32-28-41(29-33-43)57-59-51-45-23-15-11-21-39(45)35-47(53(51)66-7)55(64)62(5)49-25-17-13-19-37(49)9-2/h10-35H,8-9H2,1-7H3. The molecule has 8 rings (SSSR count). The number of ether oxygens (including phenoxy) is 2. The number of nitrogens with zero attached hydrogens (tertiary/aromatic N) is 7. The number of azo groups is 2. The van der Waals surface area contributed by atoms with Crippen LogP contribution in [-0.2, 0) is 12.8 Å². The van der Waals surface area contributed by atoms with Gasteiger partial charge in [-0.15, -0.1) is 10.2 Å². The van der Waals surface area contributed by atoms with Gasteiger partial charge in [-0.1, -0.05) is 98.8 Å². The minimum atomic E-state index is -0.205. The van der Waals surface area contributed by atoms with Gasteiger partial charge < -0.3 is 24.2 Å². The molecule has 0 N–H and O–H groups in total. The third-order valence-corrected chi connectivity index (χ3v) is 11.9. The van der Waals surface area contributed by atoms with Crippen LogP contribution in [0.4, 0.5) is 45.5 Å². The van der Waals surface area contributed by atoms with E-state index in [4.69, 9.17) is 19.7 Å². The summed E-state index contributed by atoms with van der Waals surface area (Å²) in [5, 5.41) is 22.0. The van der Waals surface area contributed by atoms with Crippen molar-refractivity contribution in [1.82, 2.24) is 0 Å². The van der Waals surface area contributed by atoms with Crippen molar-refractivity contribution in [1.29, 1.82) is 0 Å². The van der Waals surface area contributed by atoms with Crippen molar-refractivity contribution in [2.24, 2.45) is 20.5 Å². The van der Waals surface area contributed by atoms with Gasteiger partial charge in [0, 0.05) is 54.7 Å². The normalized spacial score (nSPS) is 11.4. The Labute approximate surface area is 385 Å². The number of para-hydroxylation sites is 2. The number of anilines is 4. The lowest BCUT2D eigenvalue weighted by Crippen LogP contribution is -2.27. The minimum Gasteiger partial charge on any atom is -0.494 e. The van der Waals surface area contributed by atoms with Crippen molar-refractivity contribution in [3.05, 3.63) is 180 Å². The zero-order chi connectivity index (χ0) is 46.3. The number of hydrogen-bond acceptors (Lipinski definition) is 9. The molecule has 330 valence electrons. The van der Waals surface area contributed by atoms with Crippen LogP contribution in [0.1, 0.15) is 45.7 Å². The zero-order valence-electron chi connectivity index (χ0n) is 38.2. The van der Waals surface area contributed by atoms with E-state index in [1.54, 1.807) is 38.1 Å². The largest absolute Gasteiger partial charge is 0.494 e. The van der Waals surface area contributed by atoms with Crippen molar-refractivity contribution < 1.29 is 19.1 Å². The average molecular weight is 874 g/mol. The lowest BCUT2D eigenvalue weighted by Gasteiger charge is -2.22. The van der Waals surface area contributed by atoms with Gasteiger partial charge in [-0.3, -0.25) is 9.59 Å². The lowest BCUT2D eigenvalue weighted by atomic mass is 10.0. The maximum atomic E-state index is 14.1. The van der Waals surface area contributed by atoms with Gasteiger partial charge in [0.2, 0.25) is 0 Å². The Balaban J connectivity index is 1.02. The minimum absolute atomic E-state index is 0.205. The van der Waals surface area contributed by atoms with Crippen LogP contribution in [0.3, 0.4) is 0 Å². The van der Waals surface area contributed by atoms with Crippen LogP contribution in [0.25, 0.3) is 21.5 Å². The van der Waals surface area contributed by atoms with Crippen molar-refractivity contribution in [3.63, 3.8) is 0 Å². The van der Waals surface area contributed by atoms with E-state index < -0.39 is 0 Å². The highest BCUT2D eigenvalue weighted by Crippen LogP contribution is 2.43. The van der Waals surface area contributed by atoms with Crippen LogP contribution in [0, 0.1) is 0 Å². The fourth-order valence-electron chi connectivity index (χ4n) is 8.25. The number of carbonyl (C=O) groups excluding carboxylic acids is 2. The molecule has 0 aliphatic rings. The Bertz CT molecular complexity index is 2920. The third-order valence-electron chi connectivity index (χ3n) is 11.9. The molecule has 11 nitrogen and oxygen atoms in total. The Morgan fingerprint density at radius 1 is 0.470 bits per heavy atom. The number of aryl methyl sites for hydroxylation is 2. The molecule has 8 aromatic carbocycles. The average Bonchev–Trinajstić information content (AvgIpc) is 3.37. The molecule has 8 aromatic rings. The van der Waals surface area contributed by atoms with Gasteiger partial charge in [0.25, 0.3) is 11.8 Å². The van der Waals surface area contributed by atoms with Crippen LogP contribution >= 0.6 is 0 Å². The van der Waals surface area contributed by atoms with E-state index in [1.807, 2.05) is 165 Å². The topological polar surface area (TPSA) is 112 Å². The molecule has 0 spiro atoms. The third kappa shape index (κ3) is 8.83. The number of rotatable bonds is 14. The summed E-state index contributed by atoms with van der Waals surface area (Å²) in [4.78, 5) is 33.6. The summed E-state index contributed by atoms with van der Waals surface area (Å²) in [6.07, 6.45) is 1.58. The molecule has 0 aliphatic heterocycles. The second-order valence-electron chi connectivity index (χ2n) is 15.7. The summed E-state index contributed by atoms with van der Waals surface area (Å²) in [7, 11) is 8.65. The second-order valence-corrected chi connectivity index (χ2v) is 15.7. The highest BCUT2D eigenvalue weighted by molar-refractivity contribution is 6.14. The van der Waals surface area contributed by atoms with Gasteiger partial charge >= 0.3 is 0 Å². The van der Waals surface area contributed by atoms with Crippen molar-refractivity contribution >= 4 is 78.9 Å². The monoisotopic (exact) mass is 873 g/mol. The second kappa shape index (κ2) is 19.7. The van der Waals surface area contributed by atoms with Gasteiger partial charge in [0.1, 0.15) is 11.4 Å². The predicted octanol–water partition coefficient (Wildman–Crippen LogP) is 14.3. The molecule has 0 aliphatic carbocycles. The van der Waals surface area contributed by atoms with Crippen LogP contribution in [-0.4, -0.2) is 47.2 Å². The summed E-state index contributed by atoms with van der Waals surface area (Å²) in [6.45, 7) is 4.15. The summed E-state index contributed by atoms with van der Waals surface area (Å²) in [5.41, 5.74) is 8.70. The summed E-state index contributed by atoms with van der Waals surface area (Å²) in [5.74, 6) is 0.304. The first-order valence-corrected chi connectivity index (χ1v) is 21.8. The van der Waals surface area contributed by atoms with E-state index in [0.29, 0.717) is 45.4 Å². The molecule has 0 aromatic heterocycles. The van der Waals surface area contributed by atoms with Crippen LogP contribution in [0.5, 0.6) is 11.5 Å². The van der Waals surface area contributed by atoms with E-state index >= 15 is 0 Å². The Hall–Kier alpha value is -8.18. The number of hydrogen-bond donors (Lipinski definition) is 0. The van der Waals surface area contributed by atoms with E-state index in [1.165, 1.54) is 0 Å². The van der Waals surface area contributed by atoms with Gasteiger partial charge in [-0.05, 0) is 108 Å². The highest BCUT2D eigenvalue weighted by Gasteiger charge is 2.26. The number of benzene rings is 8. The number of amides is 2. The van der Waals surface area contributed by atoms with Crippen molar-refractivity contribution in [2.45, 2.75) is 26.7 Å². The fraction of sp³-hybridized carbons (Fsp3) is 0.164. The Morgan fingerprint density at radius 3 is 1.21 bits per heavy atom. The maximum absolute atomic E-state index is 14.1. The first kappa shape index (κ1) is 44.4. The molecule has 0 fully saturated rings. The maximum Gasteiger partial charge on any atom is 0.261 e. The summed E-state index contributed by atoms with van der Waals surface area (Å²) in [6, 6.07) is 50.5. The predicted molar refractivity (Wildman–Crippen MR) is 267 cm³/mol.